The van der Waals surface area contributed by atoms with Crippen molar-refractivity contribution < 1.29 is 14.3 Å². The van der Waals surface area contributed by atoms with Crippen LogP contribution in [0.25, 0.3) is 10.9 Å². The molecule has 2 N–H and O–H groups in total. The predicted molar refractivity (Wildman–Crippen MR) is 125 cm³/mol. The zero-order chi connectivity index (χ0) is 23.2. The number of hydrogen-bond donors (Lipinski definition) is 2. The number of benzene rings is 2. The van der Waals surface area contributed by atoms with E-state index in [0.717, 1.165) is 18.4 Å². The molecule has 33 heavy (non-hydrogen) atoms. The molecule has 0 unspecified atom stereocenters. The van der Waals surface area contributed by atoms with Crippen molar-refractivity contribution in [1.29, 1.82) is 0 Å². The van der Waals surface area contributed by atoms with Gasteiger partial charge in [0.2, 0.25) is 5.91 Å². The van der Waals surface area contributed by atoms with E-state index in [1.165, 1.54) is 0 Å². The summed E-state index contributed by atoms with van der Waals surface area (Å²) in [6, 6.07) is 14.4. The molecule has 4 rings (SSSR count). The minimum Gasteiger partial charge on any atom is -0.376 e. The summed E-state index contributed by atoms with van der Waals surface area (Å²) < 4.78 is 5.72. The van der Waals surface area contributed by atoms with Gasteiger partial charge in [-0.25, -0.2) is 4.98 Å². The topological polar surface area (TPSA) is 104 Å². The number of aromatic amines is 1. The number of aromatic nitrogens is 2. The molecule has 2 amide bonds. The Morgan fingerprint density at radius 2 is 2.06 bits per heavy atom. The zero-order valence-corrected chi connectivity index (χ0v) is 18.7. The average molecular weight is 449 g/mol. The first-order chi connectivity index (χ1) is 16.0. The number of para-hydroxylation sites is 1. The maximum absolute atomic E-state index is 13.1. The van der Waals surface area contributed by atoms with Crippen LogP contribution in [0.5, 0.6) is 0 Å². The van der Waals surface area contributed by atoms with Gasteiger partial charge in [-0.3, -0.25) is 14.4 Å². The molecule has 1 saturated heterocycles. The molecule has 1 atom stereocenters. The van der Waals surface area contributed by atoms with Crippen LogP contribution in [-0.4, -0.2) is 52.5 Å². The Bertz CT molecular complexity index is 1200. The Balaban J connectivity index is 1.43. The smallest absolute Gasteiger partial charge is 0.258 e. The number of ether oxygens (including phenoxy) is 1. The first-order valence-electron chi connectivity index (χ1n) is 11.2. The Morgan fingerprint density at radius 3 is 2.85 bits per heavy atom. The fourth-order valence-corrected chi connectivity index (χ4v) is 4.01. The van der Waals surface area contributed by atoms with Gasteiger partial charge >= 0.3 is 0 Å². The van der Waals surface area contributed by atoms with E-state index in [2.05, 4.69) is 15.3 Å². The van der Waals surface area contributed by atoms with Crippen LogP contribution in [0, 0.1) is 6.92 Å². The maximum Gasteiger partial charge on any atom is 0.258 e. The molecule has 0 bridgehead atoms. The molecule has 2 aromatic carbocycles. The van der Waals surface area contributed by atoms with Crippen molar-refractivity contribution in [3.05, 3.63) is 75.8 Å². The molecule has 1 aromatic heterocycles. The number of H-pyrrole nitrogens is 1. The van der Waals surface area contributed by atoms with Gasteiger partial charge in [0, 0.05) is 31.7 Å². The Hall–Kier alpha value is -3.52. The molecule has 172 valence electrons. The van der Waals surface area contributed by atoms with Crippen LogP contribution < -0.4 is 10.9 Å². The summed E-state index contributed by atoms with van der Waals surface area (Å²) in [6.45, 7) is 3.42. The lowest BCUT2D eigenvalue weighted by atomic mass is 10.1. The van der Waals surface area contributed by atoms with Crippen LogP contribution >= 0.6 is 0 Å². The number of rotatable bonds is 8. The summed E-state index contributed by atoms with van der Waals surface area (Å²) in [4.78, 5) is 46.8. The van der Waals surface area contributed by atoms with E-state index in [4.69, 9.17) is 4.74 Å². The van der Waals surface area contributed by atoms with Gasteiger partial charge in [0.15, 0.2) is 0 Å². The van der Waals surface area contributed by atoms with Crippen molar-refractivity contribution in [3.8, 4) is 0 Å². The lowest BCUT2D eigenvalue weighted by Gasteiger charge is -2.25. The molecule has 3 aromatic rings. The number of hydrogen-bond acceptors (Lipinski definition) is 5. The summed E-state index contributed by atoms with van der Waals surface area (Å²) in [5, 5.41) is 3.32. The van der Waals surface area contributed by atoms with E-state index >= 15 is 0 Å². The minimum atomic E-state index is -0.231. The van der Waals surface area contributed by atoms with Gasteiger partial charge in [0.25, 0.3) is 11.5 Å². The molecule has 1 aliphatic heterocycles. The van der Waals surface area contributed by atoms with Crippen LogP contribution in [0.3, 0.4) is 0 Å². The zero-order valence-electron chi connectivity index (χ0n) is 18.7. The number of carbonyl (C=O) groups is 2. The van der Waals surface area contributed by atoms with Crippen molar-refractivity contribution in [2.45, 2.75) is 38.8 Å². The summed E-state index contributed by atoms with van der Waals surface area (Å²) in [5.74, 6) is 0.0809. The molecule has 0 aliphatic carbocycles. The van der Waals surface area contributed by atoms with Gasteiger partial charge < -0.3 is 19.9 Å². The van der Waals surface area contributed by atoms with Crippen LogP contribution in [0.4, 0.5) is 0 Å². The summed E-state index contributed by atoms with van der Waals surface area (Å²) in [5.41, 5.74) is 1.92. The molecule has 2 heterocycles. The van der Waals surface area contributed by atoms with Gasteiger partial charge in [0.05, 0.1) is 23.6 Å². The summed E-state index contributed by atoms with van der Waals surface area (Å²) in [7, 11) is 0. The summed E-state index contributed by atoms with van der Waals surface area (Å²) in [6.07, 6.45) is 1.95. The van der Waals surface area contributed by atoms with Crippen molar-refractivity contribution >= 4 is 22.7 Å². The van der Waals surface area contributed by atoms with Crippen LogP contribution in [-0.2, 0) is 16.1 Å². The summed E-state index contributed by atoms with van der Waals surface area (Å²) >= 11 is 0. The first kappa shape index (κ1) is 22.7. The third-order valence-electron chi connectivity index (χ3n) is 5.71. The van der Waals surface area contributed by atoms with Crippen molar-refractivity contribution in [2.75, 3.05) is 19.7 Å². The van der Waals surface area contributed by atoms with Gasteiger partial charge in [-0.1, -0.05) is 29.8 Å². The van der Waals surface area contributed by atoms with Gasteiger partial charge in [-0.15, -0.1) is 0 Å². The standard InChI is InChI=1S/C25H28N4O4/c1-17-6-4-7-18(14-17)24(31)26-12-11-23(30)29(15-19-8-5-13-33-19)16-22-27-21-10-3-2-9-20(21)25(32)28-22/h2-4,6-7,9-10,14,19H,5,8,11-13,15-16H2,1H3,(H,26,31)(H,27,28,32)/t19-/m0/s1. The molecule has 0 spiro atoms. The number of amides is 2. The molecule has 1 fully saturated rings. The second kappa shape index (κ2) is 10.4. The molecule has 8 heteroatoms. The second-order valence-electron chi connectivity index (χ2n) is 8.31. The van der Waals surface area contributed by atoms with E-state index in [9.17, 15) is 14.4 Å². The van der Waals surface area contributed by atoms with Crippen molar-refractivity contribution in [2.24, 2.45) is 0 Å². The van der Waals surface area contributed by atoms with E-state index in [1.807, 2.05) is 31.2 Å². The molecule has 8 nitrogen and oxygen atoms in total. The fraction of sp³-hybridized carbons (Fsp3) is 0.360. The van der Waals surface area contributed by atoms with Crippen molar-refractivity contribution in [1.82, 2.24) is 20.2 Å². The molecule has 0 radical (unpaired) electrons. The highest BCUT2D eigenvalue weighted by Crippen LogP contribution is 2.16. The number of carbonyl (C=O) groups excluding carboxylic acids is 2. The Kier molecular flexibility index (Phi) is 7.14. The Morgan fingerprint density at radius 1 is 1.21 bits per heavy atom. The molecular weight excluding hydrogens is 420 g/mol. The third kappa shape index (κ3) is 5.84. The SMILES string of the molecule is Cc1cccc(C(=O)NCCC(=O)N(Cc2nc3ccccc3c(=O)[nH]2)C[C@@H]2CCCO2)c1. The lowest BCUT2D eigenvalue weighted by molar-refractivity contribution is -0.133. The van der Waals surface area contributed by atoms with Crippen LogP contribution in [0.2, 0.25) is 0 Å². The second-order valence-corrected chi connectivity index (χ2v) is 8.31. The largest absolute Gasteiger partial charge is 0.376 e. The minimum absolute atomic E-state index is 0.0389. The van der Waals surface area contributed by atoms with Crippen LogP contribution in [0.15, 0.2) is 53.3 Å². The monoisotopic (exact) mass is 448 g/mol. The number of nitrogens with zero attached hydrogens (tertiary/aromatic N) is 2. The lowest BCUT2D eigenvalue weighted by Crippen LogP contribution is -2.39. The highest BCUT2D eigenvalue weighted by molar-refractivity contribution is 5.94. The van der Waals surface area contributed by atoms with E-state index in [1.54, 1.807) is 29.2 Å². The highest BCUT2D eigenvalue weighted by atomic mass is 16.5. The van der Waals surface area contributed by atoms with Gasteiger partial charge in [0.1, 0.15) is 5.82 Å². The van der Waals surface area contributed by atoms with Crippen molar-refractivity contribution in [3.63, 3.8) is 0 Å². The molecule has 1 aliphatic rings. The van der Waals surface area contributed by atoms with E-state index in [-0.39, 0.29) is 43.0 Å². The van der Waals surface area contributed by atoms with E-state index in [0.29, 0.717) is 35.4 Å². The van der Waals surface area contributed by atoms with Gasteiger partial charge in [-0.05, 0) is 44.0 Å². The van der Waals surface area contributed by atoms with Crippen LogP contribution in [0.1, 0.15) is 41.0 Å². The Labute approximate surface area is 192 Å². The average Bonchev–Trinajstić information content (AvgIpc) is 3.32. The predicted octanol–water partition coefficient (Wildman–Crippen LogP) is 2.56. The quantitative estimate of drug-likeness (QED) is 0.551. The maximum atomic E-state index is 13.1. The van der Waals surface area contributed by atoms with E-state index < -0.39 is 0 Å². The molecular formula is C25H28N4O4. The number of nitrogens with one attached hydrogen (secondary N) is 2. The number of fused-ring (bicyclic) bond motifs is 1. The first-order valence-corrected chi connectivity index (χ1v) is 11.2. The highest BCUT2D eigenvalue weighted by Gasteiger charge is 2.23. The van der Waals surface area contributed by atoms with Gasteiger partial charge in [-0.2, -0.15) is 0 Å². The third-order valence-corrected chi connectivity index (χ3v) is 5.71. The number of aryl methyl sites for hydroxylation is 1. The molecule has 0 saturated carbocycles. The normalized spacial score (nSPS) is 15.5. The fourth-order valence-electron chi connectivity index (χ4n) is 4.01.